The molecule has 0 aromatic heterocycles. The maximum Gasteiger partial charge on any atom is 0.252 e. The number of hydrogen-bond donors (Lipinski definition) is 1. The van der Waals surface area contributed by atoms with Crippen LogP contribution >= 0.6 is 0 Å². The smallest absolute Gasteiger partial charge is 0.252 e. The van der Waals surface area contributed by atoms with Crippen LogP contribution in [0.4, 0.5) is 0 Å². The van der Waals surface area contributed by atoms with Crippen LogP contribution in [0.1, 0.15) is 36.9 Å². The molecule has 0 saturated carbocycles. The third-order valence-electron chi connectivity index (χ3n) is 3.66. The Labute approximate surface area is 101 Å². The summed E-state index contributed by atoms with van der Waals surface area (Å²) in [6, 6.07) is 8.55. The van der Waals surface area contributed by atoms with Crippen molar-refractivity contribution >= 4 is 5.91 Å². The summed E-state index contributed by atoms with van der Waals surface area (Å²) in [6.07, 6.45) is 3.17. The molecular formula is C14H17NO2. The molecule has 17 heavy (non-hydrogen) atoms. The minimum absolute atomic E-state index is 0.0409. The van der Waals surface area contributed by atoms with E-state index in [2.05, 4.69) is 23.5 Å². The van der Waals surface area contributed by atoms with Gasteiger partial charge < -0.3 is 10.1 Å². The van der Waals surface area contributed by atoms with E-state index in [1.807, 2.05) is 13.0 Å². The number of hydrogen-bond acceptors (Lipinski definition) is 2. The van der Waals surface area contributed by atoms with Gasteiger partial charge in [-0.25, -0.2) is 0 Å². The van der Waals surface area contributed by atoms with E-state index in [1.54, 1.807) is 0 Å². The van der Waals surface area contributed by atoms with Gasteiger partial charge in [0.2, 0.25) is 0 Å². The van der Waals surface area contributed by atoms with Crippen molar-refractivity contribution in [3.63, 3.8) is 0 Å². The van der Waals surface area contributed by atoms with E-state index in [0.717, 1.165) is 19.3 Å². The highest BCUT2D eigenvalue weighted by molar-refractivity contribution is 5.84. The highest BCUT2D eigenvalue weighted by atomic mass is 16.6. The number of ether oxygens (including phenoxy) is 1. The second-order valence-corrected chi connectivity index (χ2v) is 4.91. The van der Waals surface area contributed by atoms with Gasteiger partial charge in [0.25, 0.3) is 5.91 Å². The summed E-state index contributed by atoms with van der Waals surface area (Å²) in [7, 11) is 0. The fourth-order valence-corrected chi connectivity index (χ4v) is 2.62. The lowest BCUT2D eigenvalue weighted by atomic mass is 9.87. The quantitative estimate of drug-likeness (QED) is 0.791. The number of amides is 1. The highest BCUT2D eigenvalue weighted by Gasteiger charge is 2.42. The molecule has 1 N–H and O–H groups in total. The Morgan fingerprint density at radius 2 is 2.18 bits per heavy atom. The van der Waals surface area contributed by atoms with Gasteiger partial charge in [0.05, 0.1) is 12.1 Å². The predicted molar refractivity (Wildman–Crippen MR) is 64.6 cm³/mol. The summed E-state index contributed by atoms with van der Waals surface area (Å²) < 4.78 is 5.20. The third-order valence-corrected chi connectivity index (χ3v) is 3.66. The monoisotopic (exact) mass is 231 g/mol. The highest BCUT2D eigenvalue weighted by Crippen LogP contribution is 2.30. The number of benzene rings is 1. The van der Waals surface area contributed by atoms with Crippen LogP contribution in [-0.2, 0) is 16.0 Å². The molecule has 1 aromatic carbocycles. The van der Waals surface area contributed by atoms with Crippen molar-refractivity contribution in [3.8, 4) is 0 Å². The Morgan fingerprint density at radius 1 is 1.41 bits per heavy atom. The predicted octanol–water partition coefficient (Wildman–Crippen LogP) is 1.97. The van der Waals surface area contributed by atoms with Gasteiger partial charge in [-0.1, -0.05) is 24.3 Å². The topological polar surface area (TPSA) is 41.6 Å². The van der Waals surface area contributed by atoms with E-state index in [1.165, 1.54) is 11.1 Å². The number of carbonyl (C=O) groups is 1. The van der Waals surface area contributed by atoms with Gasteiger partial charge in [0.1, 0.15) is 0 Å². The van der Waals surface area contributed by atoms with Crippen LogP contribution in [-0.4, -0.2) is 18.1 Å². The van der Waals surface area contributed by atoms with Crippen LogP contribution in [0.25, 0.3) is 0 Å². The van der Waals surface area contributed by atoms with Gasteiger partial charge in [-0.2, -0.15) is 0 Å². The molecule has 2 aliphatic rings. The zero-order valence-electron chi connectivity index (χ0n) is 9.98. The van der Waals surface area contributed by atoms with E-state index in [0.29, 0.717) is 0 Å². The van der Waals surface area contributed by atoms with Crippen molar-refractivity contribution in [2.45, 2.75) is 44.4 Å². The average molecular weight is 231 g/mol. The molecule has 1 amide bonds. The van der Waals surface area contributed by atoms with Crippen molar-refractivity contribution in [2.24, 2.45) is 0 Å². The molecule has 1 unspecified atom stereocenters. The minimum atomic E-state index is -0.218. The van der Waals surface area contributed by atoms with Crippen LogP contribution in [0.5, 0.6) is 0 Å². The summed E-state index contributed by atoms with van der Waals surface area (Å²) in [4.78, 5) is 11.9. The molecular weight excluding hydrogens is 214 g/mol. The number of aryl methyl sites for hydroxylation is 1. The first-order valence-corrected chi connectivity index (χ1v) is 6.29. The van der Waals surface area contributed by atoms with Crippen molar-refractivity contribution < 1.29 is 9.53 Å². The minimum Gasteiger partial charge on any atom is -0.359 e. The average Bonchev–Trinajstić information content (AvgIpc) is 3.07. The maximum absolute atomic E-state index is 11.9. The summed E-state index contributed by atoms with van der Waals surface area (Å²) in [6.45, 7) is 1.93. The summed E-state index contributed by atoms with van der Waals surface area (Å²) in [5.41, 5.74) is 2.65. The lowest BCUT2D eigenvalue weighted by Gasteiger charge is -2.26. The number of fused-ring (bicyclic) bond motifs is 1. The molecule has 0 bridgehead atoms. The van der Waals surface area contributed by atoms with Crippen molar-refractivity contribution in [3.05, 3.63) is 35.4 Å². The van der Waals surface area contributed by atoms with Crippen molar-refractivity contribution in [1.29, 1.82) is 0 Å². The molecule has 3 heteroatoms. The standard InChI is InChI=1S/C14H17NO2/c1-9-13(17-9)14(16)15-12-8-4-6-10-5-2-3-7-11(10)12/h2-3,5,7,9,12-13H,4,6,8H2,1H3,(H,15,16)/t9-,12?,13+/m0/s1. The Morgan fingerprint density at radius 3 is 2.94 bits per heavy atom. The largest absolute Gasteiger partial charge is 0.359 e. The van der Waals surface area contributed by atoms with Crippen LogP contribution in [0.15, 0.2) is 24.3 Å². The molecule has 1 heterocycles. The molecule has 3 nitrogen and oxygen atoms in total. The van der Waals surface area contributed by atoms with Crippen LogP contribution in [0.3, 0.4) is 0 Å². The zero-order chi connectivity index (χ0) is 11.8. The SMILES string of the molecule is C[C@@H]1O[C@H]1C(=O)NC1CCCc2ccccc21. The summed E-state index contributed by atoms with van der Waals surface area (Å²) in [5.74, 6) is 0.0409. The molecule has 1 aliphatic carbocycles. The zero-order valence-corrected chi connectivity index (χ0v) is 9.98. The van der Waals surface area contributed by atoms with E-state index >= 15 is 0 Å². The van der Waals surface area contributed by atoms with Gasteiger partial charge in [0, 0.05) is 0 Å². The van der Waals surface area contributed by atoms with Gasteiger partial charge >= 0.3 is 0 Å². The molecule has 1 fully saturated rings. The fourth-order valence-electron chi connectivity index (χ4n) is 2.62. The molecule has 3 atom stereocenters. The van der Waals surface area contributed by atoms with Gasteiger partial charge in [0.15, 0.2) is 6.10 Å². The van der Waals surface area contributed by atoms with Gasteiger partial charge in [-0.3, -0.25) is 4.79 Å². The lowest BCUT2D eigenvalue weighted by Crippen LogP contribution is -2.34. The van der Waals surface area contributed by atoms with Crippen LogP contribution in [0.2, 0.25) is 0 Å². The van der Waals surface area contributed by atoms with Crippen LogP contribution in [0, 0.1) is 0 Å². The second-order valence-electron chi connectivity index (χ2n) is 4.91. The van der Waals surface area contributed by atoms with E-state index in [-0.39, 0.29) is 24.2 Å². The van der Waals surface area contributed by atoms with E-state index < -0.39 is 0 Å². The second kappa shape index (κ2) is 4.15. The number of rotatable bonds is 2. The molecule has 0 spiro atoms. The number of nitrogens with one attached hydrogen (secondary N) is 1. The fraction of sp³-hybridized carbons (Fsp3) is 0.500. The molecule has 3 rings (SSSR count). The van der Waals surface area contributed by atoms with Crippen molar-refractivity contribution in [2.75, 3.05) is 0 Å². The molecule has 1 aliphatic heterocycles. The summed E-state index contributed by atoms with van der Waals surface area (Å²) >= 11 is 0. The number of epoxide rings is 1. The first-order valence-electron chi connectivity index (χ1n) is 6.29. The normalized spacial score (nSPS) is 30.5. The van der Waals surface area contributed by atoms with E-state index in [4.69, 9.17) is 4.74 Å². The van der Waals surface area contributed by atoms with Gasteiger partial charge in [-0.15, -0.1) is 0 Å². The lowest BCUT2D eigenvalue weighted by molar-refractivity contribution is -0.123. The molecule has 90 valence electrons. The van der Waals surface area contributed by atoms with Gasteiger partial charge in [-0.05, 0) is 37.3 Å². The maximum atomic E-state index is 11.9. The van der Waals surface area contributed by atoms with E-state index in [9.17, 15) is 4.79 Å². The Bertz CT molecular complexity index is 444. The van der Waals surface area contributed by atoms with Crippen molar-refractivity contribution in [1.82, 2.24) is 5.32 Å². The number of carbonyl (C=O) groups excluding carboxylic acids is 1. The molecule has 1 aromatic rings. The van der Waals surface area contributed by atoms with Crippen LogP contribution < -0.4 is 5.32 Å². The Hall–Kier alpha value is -1.35. The Balaban J connectivity index is 1.74. The molecule has 0 radical (unpaired) electrons. The molecule has 1 saturated heterocycles. The first-order chi connectivity index (χ1) is 8.25. The first kappa shape index (κ1) is 10.8. The Kier molecular flexibility index (Phi) is 2.63. The third kappa shape index (κ3) is 2.07. The summed E-state index contributed by atoms with van der Waals surface area (Å²) in [5, 5.41) is 3.10.